The molecule has 6 aromatic rings. The number of carboxylic acids is 1. The zero-order chi connectivity index (χ0) is 67.5. The molecule has 0 unspecified atom stereocenters. The number of ketones is 1. The Morgan fingerprint density at radius 2 is 0.989 bits per heavy atom. The number of nitrogens with zero attached hydrogens (tertiary/aromatic N) is 11. The zero-order valence-electron chi connectivity index (χ0n) is 55.8. The molecule has 33 heteroatoms. The second-order valence-electron chi connectivity index (χ2n) is 22.7. The number of carbonyl (C=O) groups excluding carboxylic acids is 3. The van der Waals surface area contributed by atoms with Gasteiger partial charge in [-0.05, 0) is 53.7 Å². The van der Waals surface area contributed by atoms with Gasteiger partial charge in [-0.1, -0.05) is 0 Å². The zero-order valence-corrected chi connectivity index (χ0v) is 61.1. The minimum Gasteiger partial charge on any atom is -0.702 e. The number of aliphatic carboxylic acids is 1. The van der Waals surface area contributed by atoms with Gasteiger partial charge in [0.2, 0.25) is 23.7 Å². The van der Waals surface area contributed by atoms with E-state index in [0.29, 0.717) is 74.9 Å². The van der Waals surface area contributed by atoms with Crippen LogP contribution in [-0.4, -0.2) is 236 Å². The number of Topliss-reactive ketones (excluding diaryl/α,β-unsaturated/α-hetero) is 1. The van der Waals surface area contributed by atoms with Crippen LogP contribution in [0.4, 0.5) is 11.9 Å². The van der Waals surface area contributed by atoms with Crippen LogP contribution in [0.2, 0.25) is 0 Å². The number of rotatable bonds is 17. The largest absolute Gasteiger partial charge is 1.00 e. The molecule has 504 valence electrons. The number of nitrogens with one attached hydrogen (secondary N) is 1. The maximum atomic E-state index is 12.2. The Morgan fingerprint density at radius 3 is 1.32 bits per heavy atom. The number of ether oxygens (including phenoxy) is 4. The van der Waals surface area contributed by atoms with Crippen LogP contribution in [0.25, 0.3) is 42.9 Å². The molecule has 4 saturated heterocycles. The number of carboxylic acid groups (broad SMARTS) is 1. The maximum Gasteiger partial charge on any atom is 1.00 e. The first-order valence-corrected chi connectivity index (χ1v) is 35.7. The van der Waals surface area contributed by atoms with Crippen molar-refractivity contribution in [1.82, 2.24) is 49.9 Å². The molecule has 0 spiro atoms. The third-order valence-electron chi connectivity index (χ3n) is 14.4. The Labute approximate surface area is 576 Å². The number of piperazine rings is 2. The fourth-order valence-electron chi connectivity index (χ4n) is 10.1. The Balaban J connectivity index is 0.000000268. The van der Waals surface area contributed by atoms with Gasteiger partial charge >= 0.3 is 29.6 Å². The van der Waals surface area contributed by atoms with Crippen molar-refractivity contribution in [3.8, 4) is 34.3 Å². The van der Waals surface area contributed by atoms with Crippen LogP contribution in [0.3, 0.4) is 0 Å². The molecule has 0 aliphatic carbocycles. The van der Waals surface area contributed by atoms with Gasteiger partial charge < -0.3 is 53.3 Å². The number of morpholine rings is 2. The molecule has 0 bridgehead atoms. The van der Waals surface area contributed by atoms with E-state index in [1.807, 2.05) is 12.1 Å². The van der Waals surface area contributed by atoms with Crippen molar-refractivity contribution in [3.05, 3.63) is 56.5 Å². The summed E-state index contributed by atoms with van der Waals surface area (Å²) in [5.41, 5.74) is 8.50. The van der Waals surface area contributed by atoms with Gasteiger partial charge in [-0.15, -0.1) is 22.7 Å². The van der Waals surface area contributed by atoms with E-state index in [-0.39, 0.29) is 46.8 Å². The number of sulfone groups is 2. The molecular formula is C60H86BN12NaO15S4. The number of aryl methyl sites for hydroxylation is 2. The van der Waals surface area contributed by atoms with Gasteiger partial charge in [0.25, 0.3) is 17.9 Å². The molecular weight excluding hydrogens is 1290 g/mol. The monoisotopic (exact) mass is 1380 g/mol. The summed E-state index contributed by atoms with van der Waals surface area (Å²) in [6.45, 7) is 30.7. The number of methoxy groups -OCH3 is 2. The molecule has 4 aliphatic rings. The number of carbonyl (C=O) groups is 4. The van der Waals surface area contributed by atoms with Crippen molar-refractivity contribution in [2.24, 2.45) is 0 Å². The summed E-state index contributed by atoms with van der Waals surface area (Å²) in [5, 5.41) is 10.8. The first-order valence-electron chi connectivity index (χ1n) is 29.9. The molecule has 10 heterocycles. The smallest absolute Gasteiger partial charge is 0.702 e. The maximum absolute atomic E-state index is 12.2. The van der Waals surface area contributed by atoms with Gasteiger partial charge in [-0.25, -0.2) is 46.7 Å². The standard InChI is InChI=1S/C27H38N6O4S2.C24H32N6O4S2.C4H6BO4.C3H6O.C2H4O2.Na/c1-18(2)32-8-6-31(7-9-32)16-22-19(3)38-25-23(29-27(30-24(22)25)33-10-12-37-13-11-33)20-14-21(17-39(5,34)35)26(36-4)28-15-20;1-16-19(14-29-6-4-25-5-7-29)21-22(35-16)20(27-24(28-21)30-8-10-34-11-9-30)17-12-18(15-36(3,31)32)23(33-2)26-13-17;1-3(6)8-5-9-4(2)7;1-3(2)4;1-2(3)4;/h14-15,18H,6-13,16-17H2,1-5H3;12-13,25H,4-11,14-15H2,1-3H3;1-2H3;1-2H3;1H3,(H,3,4);/q;;-1;;;+1. The van der Waals surface area contributed by atoms with Crippen LogP contribution >= 0.6 is 22.7 Å². The molecule has 27 nitrogen and oxygen atoms in total. The first-order chi connectivity index (χ1) is 43.5. The molecule has 2 radical (unpaired) electrons. The Kier molecular flexibility index (Phi) is 31.1. The minimum absolute atomic E-state index is 0. The topological polar surface area (TPSA) is 318 Å². The number of fused-ring (bicyclic) bond motifs is 2. The molecule has 0 atom stereocenters. The SMILES string of the molecule is CC(=O)O.CC(=O)O[B-]OC(C)=O.CC(C)=O.COc1ncc(-c2nc(N3CCOCC3)nc3c(CN4CCN(C(C)C)CC4)c(C)sc23)cc1CS(C)(=O)=O.COc1ncc(-c2nc(N3CCOCC3)nc3c(CN4CCNCC4)c(C)sc23)cc1CS(C)(=O)=O.[Na+]. The van der Waals surface area contributed by atoms with E-state index in [0.717, 1.165) is 141 Å². The molecule has 4 fully saturated rings. The normalized spacial score (nSPS) is 15.6. The van der Waals surface area contributed by atoms with E-state index in [2.05, 4.69) is 76.8 Å². The summed E-state index contributed by atoms with van der Waals surface area (Å²) in [4.78, 5) is 81.8. The van der Waals surface area contributed by atoms with Crippen molar-refractivity contribution in [3.63, 3.8) is 0 Å². The number of hydrogen-bond donors (Lipinski definition) is 2. The van der Waals surface area contributed by atoms with Gasteiger partial charge in [0.05, 0.1) is 84.0 Å². The summed E-state index contributed by atoms with van der Waals surface area (Å²) in [7, 11) is -2.86. The molecule has 2 N–H and O–H groups in total. The average molecular weight is 1380 g/mol. The molecule has 4 aliphatic heterocycles. The third kappa shape index (κ3) is 24.5. The van der Waals surface area contributed by atoms with Crippen LogP contribution in [0, 0.1) is 13.8 Å². The number of anilines is 2. The second-order valence-corrected chi connectivity index (χ2v) is 29.4. The van der Waals surface area contributed by atoms with Crippen molar-refractivity contribution in [2.45, 2.75) is 93.0 Å². The van der Waals surface area contributed by atoms with Crippen molar-refractivity contribution in [1.29, 1.82) is 0 Å². The predicted octanol–water partition coefficient (Wildman–Crippen LogP) is 2.17. The average Bonchev–Trinajstić information content (AvgIpc) is 1.69. The third-order valence-corrected chi connectivity index (χ3v) is 18.3. The Bertz CT molecular complexity index is 3690. The van der Waals surface area contributed by atoms with Crippen molar-refractivity contribution in [2.75, 3.05) is 141 Å². The number of pyridine rings is 2. The number of hydrogen-bond acceptors (Lipinski definition) is 28. The summed E-state index contributed by atoms with van der Waals surface area (Å²) >= 11 is 3.38. The Morgan fingerprint density at radius 1 is 0.624 bits per heavy atom. The van der Waals surface area contributed by atoms with Crippen LogP contribution in [-0.2, 0) is 82.2 Å². The number of thiophene rings is 2. The summed E-state index contributed by atoms with van der Waals surface area (Å²) in [6.07, 6.45) is 5.85. The van der Waals surface area contributed by atoms with E-state index < -0.39 is 37.6 Å². The Hall–Kier alpha value is -5.62. The summed E-state index contributed by atoms with van der Waals surface area (Å²) < 4.78 is 80.6. The van der Waals surface area contributed by atoms with E-state index in [4.69, 9.17) is 48.8 Å². The van der Waals surface area contributed by atoms with Crippen LogP contribution in [0.15, 0.2) is 24.5 Å². The number of aromatic nitrogens is 6. The van der Waals surface area contributed by atoms with E-state index >= 15 is 0 Å². The van der Waals surface area contributed by atoms with Gasteiger partial charge in [-0.2, -0.15) is 0 Å². The molecule has 6 aromatic heterocycles. The fraction of sp³-hybridized carbons (Fsp3) is 0.567. The van der Waals surface area contributed by atoms with Crippen LogP contribution in [0.5, 0.6) is 11.8 Å². The van der Waals surface area contributed by atoms with E-state index in [1.165, 1.54) is 75.3 Å². The van der Waals surface area contributed by atoms with Crippen LogP contribution < -0.4 is 54.1 Å². The van der Waals surface area contributed by atoms with Gasteiger partial charge in [0.1, 0.15) is 13.5 Å². The fourth-order valence-corrected chi connectivity index (χ4v) is 13.9. The molecule has 10 rings (SSSR count). The van der Waals surface area contributed by atoms with Gasteiger partial charge in [-0.3, -0.25) is 29.1 Å². The minimum atomic E-state index is -3.29. The van der Waals surface area contributed by atoms with Crippen molar-refractivity contribution >= 4 is 106 Å². The molecule has 0 aromatic carbocycles. The van der Waals surface area contributed by atoms with Gasteiger partial charge in [0, 0.05) is 186 Å². The summed E-state index contributed by atoms with van der Waals surface area (Å²) in [5.74, 6) is -0.0491. The molecule has 0 amide bonds. The predicted molar refractivity (Wildman–Crippen MR) is 356 cm³/mol. The van der Waals surface area contributed by atoms with E-state index in [1.54, 1.807) is 35.1 Å². The second kappa shape index (κ2) is 37.0. The van der Waals surface area contributed by atoms with Gasteiger partial charge in [0.15, 0.2) is 19.7 Å². The summed E-state index contributed by atoms with van der Waals surface area (Å²) in [6, 6.07) is 4.24. The van der Waals surface area contributed by atoms with E-state index in [9.17, 15) is 31.2 Å². The molecule has 0 saturated carbocycles. The van der Waals surface area contributed by atoms with Crippen molar-refractivity contribution < 1.29 is 98.9 Å². The first kappa shape index (κ1) is 78.1. The quantitative estimate of drug-likeness (QED) is 0.124. The van der Waals surface area contributed by atoms with Crippen LogP contribution in [0.1, 0.15) is 80.5 Å². The molecule has 93 heavy (non-hydrogen) atoms.